The van der Waals surface area contributed by atoms with Gasteiger partial charge in [-0.05, 0) is 37.1 Å². The first-order valence-corrected chi connectivity index (χ1v) is 7.51. The number of rotatable bonds is 5. The Morgan fingerprint density at radius 1 is 1.00 bits per heavy atom. The van der Waals surface area contributed by atoms with Crippen molar-refractivity contribution in [3.05, 3.63) is 48.5 Å². The van der Waals surface area contributed by atoms with Crippen molar-refractivity contribution in [1.82, 2.24) is 10.2 Å². The van der Waals surface area contributed by atoms with E-state index < -0.39 is 0 Å². The van der Waals surface area contributed by atoms with E-state index in [9.17, 15) is 4.79 Å². The number of hydrogen-bond acceptors (Lipinski definition) is 4. The molecule has 0 saturated heterocycles. The molecule has 5 heteroatoms. The topological polar surface area (TPSA) is 66.9 Å². The molecule has 0 unspecified atom stereocenters. The number of carbonyl (C=O) groups is 1. The quantitative estimate of drug-likeness (QED) is 0.706. The van der Waals surface area contributed by atoms with Gasteiger partial charge in [-0.3, -0.25) is 4.79 Å². The van der Waals surface area contributed by atoms with Crippen molar-refractivity contribution < 1.29 is 4.79 Å². The maximum Gasteiger partial charge on any atom is 0.212 e. The summed E-state index contributed by atoms with van der Waals surface area (Å²) in [5.41, 5.74) is 3.79. The van der Waals surface area contributed by atoms with E-state index in [0.717, 1.165) is 27.7 Å². The lowest BCUT2D eigenvalue weighted by Crippen LogP contribution is -2.13. The molecule has 0 aliphatic carbocycles. The van der Waals surface area contributed by atoms with Crippen LogP contribution in [-0.2, 0) is 4.79 Å². The lowest BCUT2D eigenvalue weighted by Gasteiger charge is -2.16. The smallest absolute Gasteiger partial charge is 0.212 e. The first-order valence-electron chi connectivity index (χ1n) is 7.51. The number of nitrogens with one attached hydrogen (secondary N) is 2. The van der Waals surface area contributed by atoms with Crippen LogP contribution in [0, 0.1) is 0 Å². The van der Waals surface area contributed by atoms with Crippen molar-refractivity contribution in [2.24, 2.45) is 0 Å². The molecule has 0 atom stereocenters. The molecule has 0 spiro atoms. The molecule has 3 rings (SSSR count). The molecule has 0 bridgehead atoms. The van der Waals surface area contributed by atoms with Crippen molar-refractivity contribution in [2.45, 2.75) is 19.9 Å². The Morgan fingerprint density at radius 2 is 1.78 bits per heavy atom. The summed E-state index contributed by atoms with van der Waals surface area (Å²) in [6.07, 6.45) is 0.613. The lowest BCUT2D eigenvalue weighted by atomic mass is 10.0. The van der Waals surface area contributed by atoms with E-state index >= 15 is 0 Å². The zero-order chi connectivity index (χ0) is 16.2. The maximum absolute atomic E-state index is 10.8. The molecule has 0 aliphatic rings. The molecular weight excluding hydrogens is 288 g/mol. The van der Waals surface area contributed by atoms with Crippen molar-refractivity contribution in [1.29, 1.82) is 0 Å². The molecular formula is C18H18N4O. The number of aromatic nitrogens is 2. The van der Waals surface area contributed by atoms with Crippen LogP contribution in [0.15, 0.2) is 48.5 Å². The zero-order valence-corrected chi connectivity index (χ0v) is 13.1. The SMILES string of the molecule is CC(C)Nc1c(NC=O)nnc2ccc(-c3ccccc3)cc12. The van der Waals surface area contributed by atoms with E-state index in [4.69, 9.17) is 0 Å². The molecule has 0 radical (unpaired) electrons. The first-order chi connectivity index (χ1) is 11.2. The van der Waals surface area contributed by atoms with Crippen LogP contribution in [0.5, 0.6) is 0 Å². The van der Waals surface area contributed by atoms with Gasteiger partial charge in [-0.2, -0.15) is 0 Å². The Bertz CT molecular complexity index is 831. The second-order valence-corrected chi connectivity index (χ2v) is 5.58. The van der Waals surface area contributed by atoms with E-state index in [0.29, 0.717) is 12.2 Å². The van der Waals surface area contributed by atoms with E-state index in [1.807, 2.05) is 44.2 Å². The van der Waals surface area contributed by atoms with Gasteiger partial charge in [0.2, 0.25) is 6.41 Å². The molecule has 1 amide bonds. The molecule has 23 heavy (non-hydrogen) atoms. The van der Waals surface area contributed by atoms with Crippen molar-refractivity contribution >= 4 is 28.8 Å². The van der Waals surface area contributed by atoms with Crippen LogP contribution >= 0.6 is 0 Å². The minimum absolute atomic E-state index is 0.204. The van der Waals surface area contributed by atoms with Crippen LogP contribution in [0.2, 0.25) is 0 Å². The highest BCUT2D eigenvalue weighted by Gasteiger charge is 2.12. The zero-order valence-electron chi connectivity index (χ0n) is 13.1. The largest absolute Gasteiger partial charge is 0.379 e. The summed E-state index contributed by atoms with van der Waals surface area (Å²) in [4.78, 5) is 10.8. The van der Waals surface area contributed by atoms with Crippen molar-refractivity contribution in [3.63, 3.8) is 0 Å². The van der Waals surface area contributed by atoms with Crippen LogP contribution in [0.1, 0.15) is 13.8 Å². The third-order valence-corrected chi connectivity index (χ3v) is 3.50. The van der Waals surface area contributed by atoms with Gasteiger partial charge in [-0.15, -0.1) is 10.2 Å². The Hall–Kier alpha value is -2.95. The maximum atomic E-state index is 10.8. The summed E-state index contributed by atoms with van der Waals surface area (Å²) < 4.78 is 0. The highest BCUT2D eigenvalue weighted by molar-refractivity contribution is 6.00. The number of hydrogen-bond donors (Lipinski definition) is 2. The number of benzene rings is 2. The second kappa shape index (κ2) is 6.44. The van der Waals surface area contributed by atoms with Crippen LogP contribution < -0.4 is 10.6 Å². The number of nitrogens with zero attached hydrogens (tertiary/aromatic N) is 2. The molecule has 0 aliphatic heterocycles. The fourth-order valence-corrected chi connectivity index (χ4v) is 2.51. The molecule has 1 aromatic heterocycles. The fraction of sp³-hybridized carbons (Fsp3) is 0.167. The summed E-state index contributed by atoms with van der Waals surface area (Å²) in [6, 6.07) is 16.4. The van der Waals surface area contributed by atoms with Gasteiger partial charge in [0, 0.05) is 11.4 Å². The number of carbonyl (C=O) groups excluding carboxylic acids is 1. The molecule has 116 valence electrons. The van der Waals surface area contributed by atoms with Crippen LogP contribution in [-0.4, -0.2) is 22.6 Å². The van der Waals surface area contributed by atoms with Gasteiger partial charge in [-0.1, -0.05) is 36.4 Å². The summed E-state index contributed by atoms with van der Waals surface area (Å²) in [5.74, 6) is 0.436. The van der Waals surface area contributed by atoms with Gasteiger partial charge < -0.3 is 10.6 Å². The third-order valence-electron chi connectivity index (χ3n) is 3.50. The molecule has 0 fully saturated rings. The molecule has 1 heterocycles. The Morgan fingerprint density at radius 3 is 2.48 bits per heavy atom. The van der Waals surface area contributed by atoms with Crippen LogP contribution in [0.3, 0.4) is 0 Å². The molecule has 2 N–H and O–H groups in total. The van der Waals surface area contributed by atoms with Crippen LogP contribution in [0.25, 0.3) is 22.0 Å². The van der Waals surface area contributed by atoms with E-state index in [2.05, 4.69) is 39.0 Å². The Kier molecular flexibility index (Phi) is 4.19. The minimum atomic E-state index is 0.204. The highest BCUT2D eigenvalue weighted by Crippen LogP contribution is 2.32. The normalized spacial score (nSPS) is 10.7. The lowest BCUT2D eigenvalue weighted by molar-refractivity contribution is -0.105. The first kappa shape index (κ1) is 15.0. The van der Waals surface area contributed by atoms with Gasteiger partial charge in [-0.25, -0.2) is 0 Å². The summed E-state index contributed by atoms with van der Waals surface area (Å²) >= 11 is 0. The van der Waals surface area contributed by atoms with Gasteiger partial charge in [0.1, 0.15) is 0 Å². The molecule has 5 nitrogen and oxygen atoms in total. The van der Waals surface area contributed by atoms with Gasteiger partial charge in [0.15, 0.2) is 5.82 Å². The second-order valence-electron chi connectivity index (χ2n) is 5.58. The summed E-state index contributed by atoms with van der Waals surface area (Å²) in [7, 11) is 0. The van der Waals surface area contributed by atoms with Crippen molar-refractivity contribution in [2.75, 3.05) is 10.6 Å². The minimum Gasteiger partial charge on any atom is -0.379 e. The monoisotopic (exact) mass is 306 g/mol. The fourth-order valence-electron chi connectivity index (χ4n) is 2.51. The van der Waals surface area contributed by atoms with Crippen LogP contribution in [0.4, 0.5) is 11.5 Å². The highest BCUT2D eigenvalue weighted by atomic mass is 16.1. The van der Waals surface area contributed by atoms with Gasteiger partial charge >= 0.3 is 0 Å². The third kappa shape index (κ3) is 3.13. The summed E-state index contributed by atoms with van der Waals surface area (Å²) in [6.45, 7) is 4.08. The van der Waals surface area contributed by atoms with Gasteiger partial charge in [0.25, 0.3) is 0 Å². The standard InChI is InChI=1S/C18H18N4O/c1-12(2)20-17-15-10-14(13-6-4-3-5-7-13)8-9-16(15)21-22-18(17)19-11-23/h3-12H,1-2H3,(H,20,21)(H,19,22,23). The molecule has 3 aromatic rings. The number of anilines is 2. The van der Waals surface area contributed by atoms with E-state index in [1.165, 1.54) is 0 Å². The van der Waals surface area contributed by atoms with Crippen molar-refractivity contribution in [3.8, 4) is 11.1 Å². The molecule has 2 aromatic carbocycles. The average Bonchev–Trinajstić information content (AvgIpc) is 2.57. The van der Waals surface area contributed by atoms with E-state index in [1.54, 1.807) is 0 Å². The average molecular weight is 306 g/mol. The Labute approximate surface area is 134 Å². The predicted molar refractivity (Wildman–Crippen MR) is 93.4 cm³/mol. The van der Waals surface area contributed by atoms with E-state index in [-0.39, 0.29) is 6.04 Å². The number of fused-ring (bicyclic) bond motifs is 1. The molecule has 0 saturated carbocycles. The predicted octanol–water partition coefficient (Wildman–Crippen LogP) is 3.69. The van der Waals surface area contributed by atoms with Gasteiger partial charge in [0.05, 0.1) is 11.2 Å². The summed E-state index contributed by atoms with van der Waals surface area (Å²) in [5, 5.41) is 15.2. The Balaban J connectivity index is 2.20. The number of amides is 1.